The van der Waals surface area contributed by atoms with Gasteiger partial charge in [0.2, 0.25) is 17.7 Å². The van der Waals surface area contributed by atoms with Gasteiger partial charge in [-0.3, -0.25) is 33.2 Å². The average molecular weight is 738 g/mol. The lowest BCUT2D eigenvalue weighted by molar-refractivity contribution is -0.141. The summed E-state index contributed by atoms with van der Waals surface area (Å²) in [6, 6.07) is 15.4. The Morgan fingerprint density at radius 1 is 0.830 bits per heavy atom. The predicted octanol–water partition coefficient (Wildman–Crippen LogP) is 5.19. The van der Waals surface area contributed by atoms with Crippen LogP contribution < -0.4 is 5.32 Å². The van der Waals surface area contributed by atoms with E-state index in [0.717, 1.165) is 39.4 Å². The number of fused-ring (bicyclic) bond motifs is 1. The molecule has 2 aromatic carbocycles. The molecule has 12 heteroatoms. The molecule has 53 heavy (non-hydrogen) atoms. The summed E-state index contributed by atoms with van der Waals surface area (Å²) in [5.74, 6) is -1.54. The van der Waals surface area contributed by atoms with Gasteiger partial charge in [0.15, 0.2) is 16.5 Å². The van der Waals surface area contributed by atoms with Crippen molar-refractivity contribution in [3.8, 4) is 10.4 Å². The summed E-state index contributed by atoms with van der Waals surface area (Å²) in [5, 5.41) is 2.75. The number of carbonyl (C=O) groups is 6. The van der Waals surface area contributed by atoms with Crippen molar-refractivity contribution < 1.29 is 28.8 Å². The van der Waals surface area contributed by atoms with Crippen LogP contribution in [-0.4, -0.2) is 85.5 Å². The van der Waals surface area contributed by atoms with Crippen LogP contribution in [0.5, 0.6) is 0 Å². The van der Waals surface area contributed by atoms with Crippen molar-refractivity contribution in [2.45, 2.75) is 96.7 Å². The van der Waals surface area contributed by atoms with Crippen LogP contribution in [-0.2, 0) is 41.6 Å². The number of rotatable bonds is 14. The topological polar surface area (TPSA) is 138 Å². The second-order valence-corrected chi connectivity index (χ2v) is 15.7. The number of likely N-dealkylation sites (tertiary alicyclic amines) is 2. The summed E-state index contributed by atoms with van der Waals surface area (Å²) in [5.41, 5.74) is 3.20. The van der Waals surface area contributed by atoms with E-state index in [9.17, 15) is 28.8 Å². The van der Waals surface area contributed by atoms with Gasteiger partial charge in [-0.2, -0.15) is 0 Å². The standard InChI is InChI=1S/C41H47N5O6S/c1-25(2)38(42-27(4)48)40(52)46-18-10-16-34(46)36(50)22-31-23-44-24-37(53-41(44)43-31)30-14-8-11-28(20-30)21-35(49)33-15-9-17-45(33)39(51)32(19-26(3)47)29-12-6-5-7-13-29/h5-8,11-14,20,23-25,32-34,38H,9-10,15-19,21-22H2,1-4H3,(H,42,48)/t32-,33+,34+,38+/m1/s1. The van der Waals surface area contributed by atoms with Crippen LogP contribution in [0.15, 0.2) is 67.0 Å². The molecule has 0 saturated carbocycles. The number of amides is 3. The Hall–Kier alpha value is -4.97. The minimum Gasteiger partial charge on any atom is -0.344 e. The molecular weight excluding hydrogens is 691 g/mol. The van der Waals surface area contributed by atoms with Crippen LogP contribution in [0.4, 0.5) is 0 Å². The molecule has 2 fully saturated rings. The van der Waals surface area contributed by atoms with E-state index in [1.807, 2.05) is 85.2 Å². The van der Waals surface area contributed by atoms with Crippen molar-refractivity contribution in [3.05, 3.63) is 83.8 Å². The highest BCUT2D eigenvalue weighted by Crippen LogP contribution is 2.32. The third-order valence-corrected chi connectivity index (χ3v) is 11.3. The molecule has 0 bridgehead atoms. The van der Waals surface area contributed by atoms with Crippen molar-refractivity contribution in [3.63, 3.8) is 0 Å². The maximum absolute atomic E-state index is 13.8. The lowest BCUT2D eigenvalue weighted by Crippen LogP contribution is -2.53. The first-order valence-corrected chi connectivity index (χ1v) is 19.3. The maximum Gasteiger partial charge on any atom is 0.246 e. The molecule has 0 radical (unpaired) electrons. The highest BCUT2D eigenvalue weighted by molar-refractivity contribution is 7.20. The lowest BCUT2D eigenvalue weighted by atomic mass is 9.91. The minimum atomic E-state index is -0.674. The molecule has 2 aromatic heterocycles. The summed E-state index contributed by atoms with van der Waals surface area (Å²) in [7, 11) is 0. The van der Waals surface area contributed by atoms with Gasteiger partial charge in [0, 0.05) is 45.2 Å². The number of benzene rings is 2. The van der Waals surface area contributed by atoms with Crippen molar-refractivity contribution in [1.29, 1.82) is 0 Å². The SMILES string of the molecule is CC(=O)C[C@@H](C(=O)N1CCC[C@H]1C(=O)Cc1cccc(-c2cn3cc(CC(=O)[C@@H]4CCCN4C(=O)[C@@H](NC(C)=O)C(C)C)nc3s2)c1)c1ccccc1. The Bertz CT molecular complexity index is 1990. The number of imidazole rings is 1. The number of carbonyl (C=O) groups excluding carboxylic acids is 6. The van der Waals surface area contributed by atoms with E-state index in [2.05, 4.69) is 5.32 Å². The fraction of sp³-hybridized carbons (Fsp3) is 0.439. The van der Waals surface area contributed by atoms with Crippen molar-refractivity contribution in [1.82, 2.24) is 24.5 Å². The van der Waals surface area contributed by atoms with Gasteiger partial charge in [-0.15, -0.1) is 0 Å². The summed E-state index contributed by atoms with van der Waals surface area (Å²) < 4.78 is 1.90. The highest BCUT2D eigenvalue weighted by Gasteiger charge is 2.39. The van der Waals surface area contributed by atoms with E-state index in [-0.39, 0.29) is 60.3 Å². The van der Waals surface area contributed by atoms with Crippen molar-refractivity contribution in [2.24, 2.45) is 5.92 Å². The summed E-state index contributed by atoms with van der Waals surface area (Å²) in [6.45, 7) is 7.61. The fourth-order valence-corrected chi connectivity index (χ4v) is 8.66. The van der Waals surface area contributed by atoms with Gasteiger partial charge < -0.3 is 15.1 Å². The minimum absolute atomic E-state index is 0.0182. The Kier molecular flexibility index (Phi) is 11.7. The quantitative estimate of drug-likeness (QED) is 0.188. The van der Waals surface area contributed by atoms with Crippen LogP contribution >= 0.6 is 11.3 Å². The summed E-state index contributed by atoms with van der Waals surface area (Å²) in [6.07, 6.45) is 6.85. The molecule has 4 atom stereocenters. The smallest absolute Gasteiger partial charge is 0.246 e. The van der Waals surface area contributed by atoms with Gasteiger partial charge in [0.05, 0.1) is 35.0 Å². The van der Waals surface area contributed by atoms with Gasteiger partial charge in [-0.05, 0) is 61.3 Å². The predicted molar refractivity (Wildman–Crippen MR) is 202 cm³/mol. The normalized spacial score (nSPS) is 18.4. The fourth-order valence-electron chi connectivity index (χ4n) is 7.68. The largest absolute Gasteiger partial charge is 0.344 e. The second-order valence-electron chi connectivity index (χ2n) is 14.7. The number of hydrogen-bond donors (Lipinski definition) is 1. The van der Waals surface area contributed by atoms with Crippen LogP contribution in [0.3, 0.4) is 0 Å². The Labute approximate surface area is 313 Å². The first-order valence-electron chi connectivity index (χ1n) is 18.4. The van der Waals surface area contributed by atoms with E-state index in [1.54, 1.807) is 9.80 Å². The number of nitrogens with one attached hydrogen (secondary N) is 1. The van der Waals surface area contributed by atoms with Gasteiger partial charge in [-0.1, -0.05) is 73.7 Å². The van der Waals surface area contributed by atoms with E-state index in [1.165, 1.54) is 25.2 Å². The summed E-state index contributed by atoms with van der Waals surface area (Å²) >= 11 is 1.48. The second kappa shape index (κ2) is 16.4. The third kappa shape index (κ3) is 8.64. The van der Waals surface area contributed by atoms with Crippen LogP contribution in [0, 0.1) is 5.92 Å². The molecule has 3 amide bonds. The zero-order chi connectivity index (χ0) is 37.8. The molecule has 6 rings (SSSR count). The number of ketones is 3. The van der Waals surface area contributed by atoms with Crippen molar-refractivity contribution in [2.75, 3.05) is 13.1 Å². The molecule has 4 heterocycles. The van der Waals surface area contributed by atoms with Gasteiger partial charge >= 0.3 is 0 Å². The molecular formula is C41H47N5O6S. The third-order valence-electron chi connectivity index (χ3n) is 10.2. The zero-order valence-corrected chi connectivity index (χ0v) is 31.6. The van der Waals surface area contributed by atoms with E-state index in [0.29, 0.717) is 31.6 Å². The van der Waals surface area contributed by atoms with Crippen LogP contribution in [0.2, 0.25) is 0 Å². The van der Waals surface area contributed by atoms with E-state index < -0.39 is 24.0 Å². The molecule has 11 nitrogen and oxygen atoms in total. The maximum atomic E-state index is 13.8. The summed E-state index contributed by atoms with van der Waals surface area (Å²) in [4.78, 5) is 87.9. The number of thiazole rings is 1. The van der Waals surface area contributed by atoms with Crippen molar-refractivity contribution >= 4 is 51.4 Å². The molecule has 2 aliphatic rings. The van der Waals surface area contributed by atoms with Gasteiger partial charge in [0.1, 0.15) is 11.8 Å². The number of Topliss-reactive ketones (excluding diaryl/α,β-unsaturated/α-hetero) is 3. The van der Waals surface area contributed by atoms with E-state index >= 15 is 0 Å². The Morgan fingerprint density at radius 3 is 2.11 bits per heavy atom. The molecule has 2 saturated heterocycles. The Morgan fingerprint density at radius 2 is 1.49 bits per heavy atom. The number of hydrogen-bond acceptors (Lipinski definition) is 8. The molecule has 0 spiro atoms. The Balaban J connectivity index is 1.10. The number of nitrogens with zero attached hydrogens (tertiary/aromatic N) is 4. The van der Waals surface area contributed by atoms with Crippen LogP contribution in [0.25, 0.3) is 15.4 Å². The number of aromatic nitrogens is 2. The first-order chi connectivity index (χ1) is 25.4. The van der Waals surface area contributed by atoms with Gasteiger partial charge in [0.25, 0.3) is 0 Å². The molecule has 4 aromatic rings. The van der Waals surface area contributed by atoms with Gasteiger partial charge in [-0.25, -0.2) is 4.98 Å². The lowest BCUT2D eigenvalue weighted by Gasteiger charge is -2.30. The molecule has 278 valence electrons. The molecule has 0 unspecified atom stereocenters. The zero-order valence-electron chi connectivity index (χ0n) is 30.7. The highest BCUT2D eigenvalue weighted by atomic mass is 32.1. The molecule has 2 aliphatic heterocycles. The van der Waals surface area contributed by atoms with Crippen LogP contribution in [0.1, 0.15) is 82.5 Å². The monoisotopic (exact) mass is 737 g/mol. The first kappa shape index (κ1) is 37.8. The molecule has 0 aliphatic carbocycles. The average Bonchev–Trinajstić information content (AvgIpc) is 3.94. The molecule has 1 N–H and O–H groups in total. The van der Waals surface area contributed by atoms with E-state index in [4.69, 9.17) is 4.98 Å².